The molecule has 0 heterocycles. The van der Waals surface area contributed by atoms with Gasteiger partial charge in [-0.15, -0.1) is 0 Å². The van der Waals surface area contributed by atoms with E-state index < -0.39 is 10.0 Å². The van der Waals surface area contributed by atoms with Crippen LogP contribution in [0.2, 0.25) is 0 Å². The van der Waals surface area contributed by atoms with E-state index in [-0.39, 0.29) is 23.7 Å². The smallest absolute Gasteiger partial charge is 0.240 e. The second-order valence-corrected chi connectivity index (χ2v) is 7.16. The summed E-state index contributed by atoms with van der Waals surface area (Å²) in [7, 11) is -2.15. The maximum Gasteiger partial charge on any atom is 0.240 e. The van der Waals surface area contributed by atoms with Crippen LogP contribution < -0.4 is 9.46 Å². The topological polar surface area (TPSA) is 55.4 Å². The normalized spacial score (nSPS) is 11.4. The van der Waals surface area contributed by atoms with E-state index in [9.17, 15) is 12.8 Å². The van der Waals surface area contributed by atoms with Crippen LogP contribution in [0.1, 0.15) is 5.56 Å². The molecule has 2 aromatic carbocycles. The van der Waals surface area contributed by atoms with Gasteiger partial charge in [0, 0.05) is 6.54 Å². The first-order valence-corrected chi connectivity index (χ1v) is 8.78. The Morgan fingerprint density at radius 2 is 1.95 bits per heavy atom. The number of hydrogen-bond donors (Lipinski definition) is 1. The summed E-state index contributed by atoms with van der Waals surface area (Å²) >= 11 is 3.25. The predicted octanol–water partition coefficient (Wildman–Crippen LogP) is 3.12. The lowest BCUT2D eigenvalue weighted by molar-refractivity contribution is 0.411. The van der Waals surface area contributed by atoms with E-state index in [0.717, 1.165) is 0 Å². The van der Waals surface area contributed by atoms with Gasteiger partial charge in [0.2, 0.25) is 10.0 Å². The van der Waals surface area contributed by atoms with Crippen LogP contribution in [0.5, 0.6) is 5.75 Å². The van der Waals surface area contributed by atoms with Gasteiger partial charge in [0.15, 0.2) is 0 Å². The largest absolute Gasteiger partial charge is 0.496 e. The lowest BCUT2D eigenvalue weighted by Crippen LogP contribution is -2.26. The van der Waals surface area contributed by atoms with Crippen LogP contribution in [0.25, 0.3) is 0 Å². The molecule has 0 amide bonds. The van der Waals surface area contributed by atoms with Gasteiger partial charge in [-0.1, -0.05) is 18.2 Å². The Morgan fingerprint density at radius 3 is 2.59 bits per heavy atom. The molecule has 4 nitrogen and oxygen atoms in total. The lowest BCUT2D eigenvalue weighted by atomic mass is 10.1. The van der Waals surface area contributed by atoms with Crippen molar-refractivity contribution in [3.05, 3.63) is 58.3 Å². The van der Waals surface area contributed by atoms with Crippen molar-refractivity contribution >= 4 is 26.0 Å². The molecule has 0 aliphatic carbocycles. The number of benzene rings is 2. The summed E-state index contributed by atoms with van der Waals surface area (Å²) in [6, 6.07) is 10.8. The predicted molar refractivity (Wildman–Crippen MR) is 86.0 cm³/mol. The van der Waals surface area contributed by atoms with Crippen molar-refractivity contribution in [1.82, 2.24) is 4.72 Å². The molecule has 0 fully saturated rings. The molecule has 118 valence electrons. The molecule has 0 aliphatic rings. The Balaban J connectivity index is 2.05. The van der Waals surface area contributed by atoms with E-state index in [1.165, 1.54) is 25.3 Å². The molecule has 0 aromatic heterocycles. The van der Waals surface area contributed by atoms with Crippen molar-refractivity contribution in [3.8, 4) is 5.75 Å². The SMILES string of the molecule is COc1ccc(S(=O)(=O)NCCc2ccccc2F)cc1Br. The molecule has 22 heavy (non-hydrogen) atoms. The first kappa shape index (κ1) is 16.9. The van der Waals surface area contributed by atoms with Crippen molar-refractivity contribution in [1.29, 1.82) is 0 Å². The van der Waals surface area contributed by atoms with Crippen molar-refractivity contribution in [2.24, 2.45) is 0 Å². The van der Waals surface area contributed by atoms with Crippen molar-refractivity contribution in [3.63, 3.8) is 0 Å². The molecular formula is C15H15BrFNO3S. The fourth-order valence-electron chi connectivity index (χ4n) is 1.92. The third kappa shape index (κ3) is 4.06. The number of methoxy groups -OCH3 is 1. The average molecular weight is 388 g/mol. The minimum atomic E-state index is -3.65. The van der Waals surface area contributed by atoms with Crippen LogP contribution >= 0.6 is 15.9 Å². The molecule has 7 heteroatoms. The average Bonchev–Trinajstić information content (AvgIpc) is 2.49. The van der Waals surface area contributed by atoms with Gasteiger partial charge in [0.25, 0.3) is 0 Å². The molecule has 0 unspecified atom stereocenters. The van der Waals surface area contributed by atoms with Gasteiger partial charge in [-0.25, -0.2) is 17.5 Å². The second kappa shape index (κ2) is 7.21. The zero-order chi connectivity index (χ0) is 16.2. The Kier molecular flexibility index (Phi) is 5.55. The molecule has 0 radical (unpaired) electrons. The minimum absolute atomic E-state index is 0.118. The van der Waals surface area contributed by atoms with Crippen molar-refractivity contribution in [2.75, 3.05) is 13.7 Å². The maximum absolute atomic E-state index is 13.5. The Hall–Kier alpha value is -1.44. The van der Waals surface area contributed by atoms with E-state index in [4.69, 9.17) is 4.74 Å². The van der Waals surface area contributed by atoms with Gasteiger partial charge in [-0.2, -0.15) is 0 Å². The van der Waals surface area contributed by atoms with Crippen LogP contribution in [-0.2, 0) is 16.4 Å². The van der Waals surface area contributed by atoms with E-state index in [1.807, 2.05) is 0 Å². The fraction of sp³-hybridized carbons (Fsp3) is 0.200. The molecule has 2 aromatic rings. The Morgan fingerprint density at radius 1 is 1.23 bits per heavy atom. The standard InChI is InChI=1S/C15H15BrFNO3S/c1-21-15-7-6-12(10-13(15)16)22(19,20)18-9-8-11-4-2-3-5-14(11)17/h2-7,10,18H,8-9H2,1H3. The molecule has 0 aliphatic heterocycles. The number of nitrogens with one attached hydrogen (secondary N) is 1. The van der Waals surface area contributed by atoms with Crippen LogP contribution in [-0.4, -0.2) is 22.1 Å². The molecule has 0 saturated heterocycles. The van der Waals surface area contributed by atoms with Crippen LogP contribution in [0.15, 0.2) is 51.8 Å². The maximum atomic E-state index is 13.5. The summed E-state index contributed by atoms with van der Waals surface area (Å²) in [6.45, 7) is 0.118. The number of ether oxygens (including phenoxy) is 1. The lowest BCUT2D eigenvalue weighted by Gasteiger charge is -2.09. The molecule has 2 rings (SSSR count). The molecule has 0 saturated carbocycles. The molecular weight excluding hydrogens is 373 g/mol. The Labute approximate surface area is 137 Å². The minimum Gasteiger partial charge on any atom is -0.496 e. The number of rotatable bonds is 6. The highest BCUT2D eigenvalue weighted by atomic mass is 79.9. The molecule has 0 bridgehead atoms. The van der Waals surface area contributed by atoms with Gasteiger partial charge in [0.05, 0.1) is 16.5 Å². The van der Waals surface area contributed by atoms with Crippen molar-refractivity contribution < 1.29 is 17.5 Å². The summed E-state index contributed by atoms with van der Waals surface area (Å²) in [5.74, 6) is 0.208. The van der Waals surface area contributed by atoms with E-state index in [2.05, 4.69) is 20.7 Å². The highest BCUT2D eigenvalue weighted by Crippen LogP contribution is 2.27. The summed E-state index contributed by atoms with van der Waals surface area (Å²) in [5.41, 5.74) is 0.473. The highest BCUT2D eigenvalue weighted by molar-refractivity contribution is 9.10. The third-order valence-electron chi connectivity index (χ3n) is 3.08. The van der Waals surface area contributed by atoms with Crippen LogP contribution in [0, 0.1) is 5.82 Å². The quantitative estimate of drug-likeness (QED) is 0.828. The van der Waals surface area contributed by atoms with Gasteiger partial charge in [0.1, 0.15) is 11.6 Å². The summed E-state index contributed by atoms with van der Waals surface area (Å²) in [5, 5.41) is 0. The summed E-state index contributed by atoms with van der Waals surface area (Å²) < 4.78 is 45.9. The van der Waals surface area contributed by atoms with Gasteiger partial charge in [-0.3, -0.25) is 0 Å². The molecule has 0 atom stereocenters. The zero-order valence-corrected chi connectivity index (χ0v) is 14.2. The van der Waals surface area contributed by atoms with Crippen molar-refractivity contribution in [2.45, 2.75) is 11.3 Å². The number of sulfonamides is 1. The van der Waals surface area contributed by atoms with Gasteiger partial charge in [-0.05, 0) is 52.2 Å². The molecule has 0 spiro atoms. The molecule has 1 N–H and O–H groups in total. The van der Waals surface area contributed by atoms with E-state index in [0.29, 0.717) is 15.8 Å². The van der Waals surface area contributed by atoms with Gasteiger partial charge >= 0.3 is 0 Å². The number of hydrogen-bond acceptors (Lipinski definition) is 3. The Bertz CT molecular complexity index is 765. The summed E-state index contributed by atoms with van der Waals surface area (Å²) in [6.07, 6.45) is 0.281. The van der Waals surface area contributed by atoms with E-state index in [1.54, 1.807) is 24.3 Å². The monoisotopic (exact) mass is 387 g/mol. The third-order valence-corrected chi connectivity index (χ3v) is 5.16. The fourth-order valence-corrected chi connectivity index (χ4v) is 3.67. The summed E-state index contributed by atoms with van der Waals surface area (Å²) in [4.78, 5) is 0.119. The van der Waals surface area contributed by atoms with Gasteiger partial charge < -0.3 is 4.74 Å². The number of halogens is 2. The first-order valence-electron chi connectivity index (χ1n) is 6.50. The highest BCUT2D eigenvalue weighted by Gasteiger charge is 2.15. The van der Waals surface area contributed by atoms with Crippen LogP contribution in [0.3, 0.4) is 0 Å². The second-order valence-electron chi connectivity index (χ2n) is 4.54. The zero-order valence-electron chi connectivity index (χ0n) is 11.8. The van der Waals surface area contributed by atoms with Crippen LogP contribution in [0.4, 0.5) is 4.39 Å². The first-order chi connectivity index (χ1) is 10.4. The van der Waals surface area contributed by atoms with E-state index >= 15 is 0 Å².